The fourth-order valence-corrected chi connectivity index (χ4v) is 1.49. The number of benzene rings is 1. The Balaban J connectivity index is 2.20. The van der Waals surface area contributed by atoms with Crippen molar-refractivity contribution in [2.75, 3.05) is 20.3 Å². The molecule has 7 heteroatoms. The molecule has 0 unspecified atom stereocenters. The zero-order valence-electron chi connectivity index (χ0n) is 11.6. The van der Waals surface area contributed by atoms with Gasteiger partial charge in [0.05, 0.1) is 20.1 Å². The molecule has 6 nitrogen and oxygen atoms in total. The van der Waals surface area contributed by atoms with E-state index in [1.165, 1.54) is 7.11 Å². The Hall–Kier alpha value is -2.08. The fraction of sp³-hybridized carbons (Fsp3) is 0.357. The zero-order chi connectivity index (χ0) is 15.7. The van der Waals surface area contributed by atoms with Crippen molar-refractivity contribution in [1.82, 2.24) is 5.32 Å². The number of carbonyl (C=O) groups is 3. The summed E-state index contributed by atoms with van der Waals surface area (Å²) in [4.78, 5) is 33.7. The number of hydrogen-bond acceptors (Lipinski definition) is 5. The van der Waals surface area contributed by atoms with Gasteiger partial charge in [-0.3, -0.25) is 14.4 Å². The second kappa shape index (κ2) is 8.97. The van der Waals surface area contributed by atoms with Gasteiger partial charge in [-0.05, 0) is 24.3 Å². The molecule has 0 heterocycles. The molecule has 0 aromatic heterocycles. The topological polar surface area (TPSA) is 81.7 Å². The van der Waals surface area contributed by atoms with Gasteiger partial charge in [-0.15, -0.1) is 0 Å². The summed E-state index contributed by atoms with van der Waals surface area (Å²) in [5.41, 5.74) is 0. The average Bonchev–Trinajstić information content (AvgIpc) is 2.49. The van der Waals surface area contributed by atoms with E-state index >= 15 is 0 Å². The Morgan fingerprint density at radius 1 is 1.14 bits per heavy atom. The van der Waals surface area contributed by atoms with Crippen LogP contribution in [0.15, 0.2) is 24.3 Å². The Morgan fingerprint density at radius 3 is 2.43 bits per heavy atom. The van der Waals surface area contributed by atoms with Gasteiger partial charge < -0.3 is 14.8 Å². The predicted molar refractivity (Wildman–Crippen MR) is 76.2 cm³/mol. The highest BCUT2D eigenvalue weighted by molar-refractivity contribution is 6.30. The SMILES string of the molecule is COC(=O)CCC(=O)CNC(=O)COc1ccc(Cl)cc1. The number of halogens is 1. The normalized spacial score (nSPS) is 9.81. The fourth-order valence-electron chi connectivity index (χ4n) is 1.36. The minimum absolute atomic E-state index is 0.00643. The Morgan fingerprint density at radius 2 is 1.81 bits per heavy atom. The zero-order valence-corrected chi connectivity index (χ0v) is 12.3. The number of nitrogens with one attached hydrogen (secondary N) is 1. The number of ether oxygens (including phenoxy) is 2. The number of carbonyl (C=O) groups excluding carboxylic acids is 3. The van der Waals surface area contributed by atoms with Gasteiger partial charge in [0.2, 0.25) is 0 Å². The van der Waals surface area contributed by atoms with Crippen molar-refractivity contribution in [3.05, 3.63) is 29.3 Å². The molecule has 0 saturated carbocycles. The van der Waals surface area contributed by atoms with Crippen molar-refractivity contribution in [2.24, 2.45) is 0 Å². The van der Waals surface area contributed by atoms with Crippen molar-refractivity contribution >= 4 is 29.3 Å². The Labute approximate surface area is 127 Å². The molecule has 1 amide bonds. The van der Waals surface area contributed by atoms with Crippen LogP contribution in [0.1, 0.15) is 12.8 Å². The van der Waals surface area contributed by atoms with Crippen LogP contribution >= 0.6 is 11.6 Å². The van der Waals surface area contributed by atoms with E-state index in [1.807, 2.05) is 0 Å². The molecule has 0 saturated heterocycles. The average molecular weight is 314 g/mol. The van der Waals surface area contributed by atoms with Crippen LogP contribution in [0.4, 0.5) is 0 Å². The number of methoxy groups -OCH3 is 1. The molecule has 1 aromatic rings. The van der Waals surface area contributed by atoms with E-state index in [0.717, 1.165) is 0 Å². The van der Waals surface area contributed by atoms with E-state index < -0.39 is 11.9 Å². The summed E-state index contributed by atoms with van der Waals surface area (Å²) in [7, 11) is 1.25. The van der Waals surface area contributed by atoms with Crippen LogP contribution in [0.5, 0.6) is 5.75 Å². The molecule has 0 fully saturated rings. The number of amides is 1. The van der Waals surface area contributed by atoms with Crippen LogP contribution in [0.2, 0.25) is 5.02 Å². The molecular formula is C14H16ClNO5. The van der Waals surface area contributed by atoms with Gasteiger partial charge in [0.15, 0.2) is 12.4 Å². The lowest BCUT2D eigenvalue weighted by Gasteiger charge is -2.07. The van der Waals surface area contributed by atoms with Crippen LogP contribution in [0.3, 0.4) is 0 Å². The standard InChI is InChI=1S/C14H16ClNO5/c1-20-14(19)7-4-11(17)8-16-13(18)9-21-12-5-2-10(15)3-6-12/h2-3,5-6H,4,7-9H2,1H3,(H,16,18). The number of Topliss-reactive ketones (excluding diaryl/α,β-unsaturated/α-hetero) is 1. The van der Waals surface area contributed by atoms with E-state index in [0.29, 0.717) is 10.8 Å². The second-order valence-corrected chi connectivity index (χ2v) is 4.57. The Bertz CT molecular complexity index is 501. The van der Waals surface area contributed by atoms with Crippen molar-refractivity contribution in [3.63, 3.8) is 0 Å². The molecule has 0 aliphatic heterocycles. The number of rotatable bonds is 8. The van der Waals surface area contributed by atoms with E-state index in [-0.39, 0.29) is 31.8 Å². The predicted octanol–water partition coefficient (Wildman–Crippen LogP) is 1.36. The molecule has 0 radical (unpaired) electrons. The van der Waals surface area contributed by atoms with Gasteiger partial charge in [-0.25, -0.2) is 0 Å². The van der Waals surface area contributed by atoms with Gasteiger partial charge in [-0.2, -0.15) is 0 Å². The lowest BCUT2D eigenvalue weighted by molar-refractivity contribution is -0.141. The first-order valence-electron chi connectivity index (χ1n) is 6.25. The summed E-state index contributed by atoms with van der Waals surface area (Å²) in [6.45, 7) is -0.342. The maximum absolute atomic E-state index is 11.5. The molecule has 1 aromatic carbocycles. The van der Waals surface area contributed by atoms with Crippen LogP contribution in [-0.4, -0.2) is 37.9 Å². The highest BCUT2D eigenvalue weighted by Crippen LogP contribution is 2.15. The van der Waals surface area contributed by atoms with Crippen LogP contribution in [0.25, 0.3) is 0 Å². The monoisotopic (exact) mass is 313 g/mol. The minimum Gasteiger partial charge on any atom is -0.484 e. The summed E-state index contributed by atoms with van der Waals surface area (Å²) in [6, 6.07) is 6.56. The lowest BCUT2D eigenvalue weighted by atomic mass is 10.2. The quantitative estimate of drug-likeness (QED) is 0.733. The molecule has 0 aliphatic carbocycles. The third-order valence-electron chi connectivity index (χ3n) is 2.50. The third kappa shape index (κ3) is 7.31. The highest BCUT2D eigenvalue weighted by Gasteiger charge is 2.09. The van der Waals surface area contributed by atoms with E-state index in [2.05, 4.69) is 10.1 Å². The molecular weight excluding hydrogens is 298 g/mol. The molecule has 1 rings (SSSR count). The summed E-state index contributed by atoms with van der Waals surface area (Å²) >= 11 is 5.72. The molecule has 21 heavy (non-hydrogen) atoms. The Kier molecular flexibility index (Phi) is 7.25. The third-order valence-corrected chi connectivity index (χ3v) is 2.75. The van der Waals surface area contributed by atoms with Crippen LogP contribution in [0, 0.1) is 0 Å². The van der Waals surface area contributed by atoms with E-state index in [1.54, 1.807) is 24.3 Å². The summed E-state index contributed by atoms with van der Waals surface area (Å²) in [5.74, 6) is -0.621. The number of hydrogen-bond donors (Lipinski definition) is 1. The summed E-state index contributed by atoms with van der Waals surface area (Å²) < 4.78 is 9.63. The van der Waals surface area contributed by atoms with Crippen LogP contribution in [-0.2, 0) is 19.1 Å². The van der Waals surface area contributed by atoms with Gasteiger partial charge in [-0.1, -0.05) is 11.6 Å². The number of esters is 1. The van der Waals surface area contributed by atoms with E-state index in [9.17, 15) is 14.4 Å². The second-order valence-electron chi connectivity index (χ2n) is 4.13. The van der Waals surface area contributed by atoms with Crippen molar-refractivity contribution in [1.29, 1.82) is 0 Å². The van der Waals surface area contributed by atoms with Gasteiger partial charge >= 0.3 is 5.97 Å². The molecule has 0 spiro atoms. The van der Waals surface area contributed by atoms with Crippen molar-refractivity contribution < 1.29 is 23.9 Å². The maximum Gasteiger partial charge on any atom is 0.305 e. The molecule has 0 atom stereocenters. The van der Waals surface area contributed by atoms with Gasteiger partial charge in [0, 0.05) is 11.4 Å². The lowest BCUT2D eigenvalue weighted by Crippen LogP contribution is -2.33. The first-order valence-corrected chi connectivity index (χ1v) is 6.62. The smallest absolute Gasteiger partial charge is 0.305 e. The molecule has 0 bridgehead atoms. The maximum atomic E-state index is 11.5. The highest BCUT2D eigenvalue weighted by atomic mass is 35.5. The summed E-state index contributed by atoms with van der Waals surface area (Å²) in [5, 5.41) is 2.99. The van der Waals surface area contributed by atoms with E-state index in [4.69, 9.17) is 16.3 Å². The van der Waals surface area contributed by atoms with Crippen LogP contribution < -0.4 is 10.1 Å². The minimum atomic E-state index is -0.458. The van der Waals surface area contributed by atoms with Crippen molar-refractivity contribution in [2.45, 2.75) is 12.8 Å². The van der Waals surface area contributed by atoms with Gasteiger partial charge in [0.1, 0.15) is 5.75 Å². The first kappa shape index (κ1) is 17.0. The van der Waals surface area contributed by atoms with Gasteiger partial charge in [0.25, 0.3) is 5.91 Å². The largest absolute Gasteiger partial charge is 0.484 e. The molecule has 1 N–H and O–H groups in total. The molecule has 114 valence electrons. The molecule has 0 aliphatic rings. The first-order chi connectivity index (χ1) is 10.0. The number of ketones is 1. The van der Waals surface area contributed by atoms with Crippen molar-refractivity contribution in [3.8, 4) is 5.75 Å². The summed E-state index contributed by atoms with van der Waals surface area (Å²) in [6.07, 6.45) is 0.0392.